The monoisotopic (exact) mass is 496 g/mol. The summed E-state index contributed by atoms with van der Waals surface area (Å²) in [5, 5.41) is 5.93. The molecule has 10 heteroatoms. The van der Waals surface area contributed by atoms with Crippen LogP contribution in [0.3, 0.4) is 0 Å². The summed E-state index contributed by atoms with van der Waals surface area (Å²) in [4.78, 5) is 45.2. The van der Waals surface area contributed by atoms with Gasteiger partial charge in [-0.25, -0.2) is 19.2 Å². The summed E-state index contributed by atoms with van der Waals surface area (Å²) in [6, 6.07) is 8.89. The van der Waals surface area contributed by atoms with E-state index in [-0.39, 0.29) is 35.4 Å². The first kappa shape index (κ1) is 24.3. The molecule has 0 aliphatic heterocycles. The van der Waals surface area contributed by atoms with E-state index in [4.69, 9.17) is 16.3 Å². The van der Waals surface area contributed by atoms with E-state index in [9.17, 15) is 18.8 Å². The zero-order valence-corrected chi connectivity index (χ0v) is 19.8. The standard InChI is InChI=1S/C25H22ClFN4O4/c1-13-9-14(3-7-18(13)27)11-28-23(32)20-10-21(30-12-29-20)24(33)31-19-8-6-16-15(19)4-5-17(22(16)26)25(34)35-2/h3-5,7,9-10,12,19H,6,8,11H2,1-2H3,(H,28,32)(H,31,33). The number of nitrogens with one attached hydrogen (secondary N) is 2. The molecule has 0 radical (unpaired) electrons. The molecule has 0 saturated heterocycles. The minimum Gasteiger partial charge on any atom is -0.465 e. The van der Waals surface area contributed by atoms with Crippen LogP contribution in [0.2, 0.25) is 5.02 Å². The van der Waals surface area contributed by atoms with E-state index < -0.39 is 17.8 Å². The van der Waals surface area contributed by atoms with Crippen molar-refractivity contribution >= 4 is 29.4 Å². The molecule has 1 aliphatic carbocycles. The number of benzene rings is 2. The first-order valence-electron chi connectivity index (χ1n) is 10.8. The van der Waals surface area contributed by atoms with Crippen LogP contribution in [0.15, 0.2) is 42.7 Å². The summed E-state index contributed by atoms with van der Waals surface area (Å²) in [5.74, 6) is -1.80. The number of aryl methyl sites for hydroxylation is 1. The Morgan fingerprint density at radius 1 is 1.11 bits per heavy atom. The number of amides is 2. The Labute approximate surface area is 205 Å². The van der Waals surface area contributed by atoms with Gasteiger partial charge in [-0.15, -0.1) is 0 Å². The molecular formula is C25H22ClFN4O4. The molecule has 2 aromatic carbocycles. The lowest BCUT2D eigenvalue weighted by Gasteiger charge is -2.15. The summed E-state index contributed by atoms with van der Waals surface area (Å²) in [7, 11) is 1.29. The zero-order valence-electron chi connectivity index (χ0n) is 19.0. The van der Waals surface area contributed by atoms with Crippen molar-refractivity contribution in [2.24, 2.45) is 0 Å². The fourth-order valence-corrected chi connectivity index (χ4v) is 4.35. The number of esters is 1. The third-order valence-electron chi connectivity index (χ3n) is 5.86. The number of hydrogen-bond acceptors (Lipinski definition) is 6. The molecule has 1 aromatic heterocycles. The predicted molar refractivity (Wildman–Crippen MR) is 126 cm³/mol. The molecule has 1 aliphatic rings. The van der Waals surface area contributed by atoms with Crippen LogP contribution in [0, 0.1) is 12.7 Å². The van der Waals surface area contributed by atoms with Gasteiger partial charge in [0.25, 0.3) is 11.8 Å². The molecule has 1 heterocycles. The molecule has 2 N–H and O–H groups in total. The maximum Gasteiger partial charge on any atom is 0.339 e. The van der Waals surface area contributed by atoms with Crippen molar-refractivity contribution in [1.29, 1.82) is 0 Å². The summed E-state index contributed by atoms with van der Waals surface area (Å²) in [6.45, 7) is 1.82. The molecule has 8 nitrogen and oxygen atoms in total. The van der Waals surface area contributed by atoms with Gasteiger partial charge in [-0.2, -0.15) is 0 Å². The third kappa shape index (κ3) is 5.14. The lowest BCUT2D eigenvalue weighted by atomic mass is 10.0. The van der Waals surface area contributed by atoms with Gasteiger partial charge in [-0.3, -0.25) is 9.59 Å². The summed E-state index contributed by atoms with van der Waals surface area (Å²) >= 11 is 6.40. The maximum absolute atomic E-state index is 13.4. The molecule has 0 spiro atoms. The smallest absolute Gasteiger partial charge is 0.339 e. The molecule has 0 fully saturated rings. The van der Waals surface area contributed by atoms with Gasteiger partial charge in [0.05, 0.1) is 23.7 Å². The third-order valence-corrected chi connectivity index (χ3v) is 6.29. The number of methoxy groups -OCH3 is 1. The molecule has 0 saturated carbocycles. The Morgan fingerprint density at radius 3 is 2.57 bits per heavy atom. The second-order valence-electron chi connectivity index (χ2n) is 8.11. The van der Waals surface area contributed by atoms with Crippen LogP contribution < -0.4 is 10.6 Å². The zero-order chi connectivity index (χ0) is 25.1. The van der Waals surface area contributed by atoms with E-state index in [0.29, 0.717) is 23.4 Å². The number of carbonyl (C=O) groups is 3. The topological polar surface area (TPSA) is 110 Å². The normalized spacial score (nSPS) is 14.2. The van der Waals surface area contributed by atoms with E-state index in [1.165, 1.54) is 19.2 Å². The molecule has 1 atom stereocenters. The van der Waals surface area contributed by atoms with Crippen molar-refractivity contribution in [3.63, 3.8) is 0 Å². The highest BCUT2D eigenvalue weighted by molar-refractivity contribution is 6.34. The van der Waals surface area contributed by atoms with Crippen LogP contribution >= 0.6 is 11.6 Å². The van der Waals surface area contributed by atoms with E-state index >= 15 is 0 Å². The number of nitrogens with zero attached hydrogens (tertiary/aromatic N) is 2. The van der Waals surface area contributed by atoms with E-state index in [1.807, 2.05) is 0 Å². The predicted octanol–water partition coefficient (Wildman–Crippen LogP) is 3.71. The van der Waals surface area contributed by atoms with Crippen LogP contribution in [-0.4, -0.2) is 34.9 Å². The van der Waals surface area contributed by atoms with Gasteiger partial charge in [0.1, 0.15) is 23.5 Å². The first-order chi connectivity index (χ1) is 16.8. The van der Waals surface area contributed by atoms with Gasteiger partial charge in [-0.05, 0) is 54.2 Å². The molecule has 35 heavy (non-hydrogen) atoms. The van der Waals surface area contributed by atoms with Gasteiger partial charge >= 0.3 is 5.97 Å². The largest absolute Gasteiger partial charge is 0.465 e. The van der Waals surface area contributed by atoms with Gasteiger partial charge < -0.3 is 15.4 Å². The van der Waals surface area contributed by atoms with Crippen molar-refractivity contribution in [3.8, 4) is 0 Å². The fraction of sp³-hybridized carbons (Fsp3) is 0.240. The molecular weight excluding hydrogens is 475 g/mol. The van der Waals surface area contributed by atoms with Crippen molar-refractivity contribution in [2.45, 2.75) is 32.4 Å². The summed E-state index contributed by atoms with van der Waals surface area (Å²) in [5.41, 5.74) is 3.17. The highest BCUT2D eigenvalue weighted by atomic mass is 35.5. The Kier molecular flexibility index (Phi) is 7.07. The fourth-order valence-electron chi connectivity index (χ4n) is 4.01. The summed E-state index contributed by atoms with van der Waals surface area (Å²) < 4.78 is 18.2. The number of carbonyl (C=O) groups excluding carboxylic acids is 3. The Bertz CT molecular complexity index is 1330. The number of ether oxygens (including phenoxy) is 1. The van der Waals surface area contributed by atoms with Crippen LogP contribution in [0.25, 0.3) is 0 Å². The first-order valence-corrected chi connectivity index (χ1v) is 11.2. The lowest BCUT2D eigenvalue weighted by Crippen LogP contribution is -2.29. The molecule has 1 unspecified atom stereocenters. The van der Waals surface area contributed by atoms with Crippen molar-refractivity contribution in [1.82, 2.24) is 20.6 Å². The maximum atomic E-state index is 13.4. The Hall–Kier alpha value is -3.85. The highest BCUT2D eigenvalue weighted by Gasteiger charge is 2.29. The van der Waals surface area contributed by atoms with Crippen molar-refractivity contribution in [2.75, 3.05) is 7.11 Å². The summed E-state index contributed by atoms with van der Waals surface area (Å²) in [6.07, 6.45) is 2.33. The highest BCUT2D eigenvalue weighted by Crippen LogP contribution is 2.37. The second-order valence-corrected chi connectivity index (χ2v) is 8.48. The molecule has 2 amide bonds. The van der Waals surface area contributed by atoms with Crippen molar-refractivity contribution in [3.05, 3.63) is 92.8 Å². The number of halogens is 2. The van der Waals surface area contributed by atoms with Crippen LogP contribution in [-0.2, 0) is 17.7 Å². The lowest BCUT2D eigenvalue weighted by molar-refractivity contribution is 0.0600. The second kappa shape index (κ2) is 10.2. The van der Waals surface area contributed by atoms with Crippen LogP contribution in [0.5, 0.6) is 0 Å². The van der Waals surface area contributed by atoms with Crippen LogP contribution in [0.1, 0.15) is 66.1 Å². The molecule has 180 valence electrons. The van der Waals surface area contributed by atoms with E-state index in [2.05, 4.69) is 20.6 Å². The number of hydrogen-bond donors (Lipinski definition) is 2. The average Bonchev–Trinajstić information content (AvgIpc) is 3.27. The number of rotatable bonds is 6. The molecule has 3 aromatic rings. The van der Waals surface area contributed by atoms with Gasteiger partial charge in [0.15, 0.2) is 0 Å². The minimum atomic E-state index is -0.522. The van der Waals surface area contributed by atoms with Gasteiger partial charge in [0, 0.05) is 12.6 Å². The number of aromatic nitrogens is 2. The Morgan fingerprint density at radius 2 is 1.86 bits per heavy atom. The van der Waals surface area contributed by atoms with Gasteiger partial charge in [0.2, 0.25) is 0 Å². The van der Waals surface area contributed by atoms with Crippen LogP contribution in [0.4, 0.5) is 4.39 Å². The van der Waals surface area contributed by atoms with Crippen molar-refractivity contribution < 1.29 is 23.5 Å². The Balaban J connectivity index is 1.43. The minimum absolute atomic E-state index is 0.0292. The van der Waals surface area contributed by atoms with Gasteiger partial charge in [-0.1, -0.05) is 29.8 Å². The molecule has 0 bridgehead atoms. The van der Waals surface area contributed by atoms with E-state index in [0.717, 1.165) is 23.0 Å². The average molecular weight is 497 g/mol. The molecule has 4 rings (SSSR count). The quantitative estimate of drug-likeness (QED) is 0.503. The number of fused-ring (bicyclic) bond motifs is 1. The SMILES string of the molecule is COC(=O)c1ccc2c(c1Cl)CCC2NC(=O)c1cc(C(=O)NCc2ccc(F)c(C)c2)ncn1. The van der Waals surface area contributed by atoms with E-state index in [1.54, 1.807) is 31.2 Å².